The second-order valence-corrected chi connectivity index (χ2v) is 6.30. The summed E-state index contributed by atoms with van der Waals surface area (Å²) in [4.78, 5) is 10.8. The SMILES string of the molecule is CCOc1ncnc2c1CN(C[C@@H](O)COc1cccc(C)c1)CC2. The summed E-state index contributed by atoms with van der Waals surface area (Å²) in [5.41, 5.74) is 3.21. The van der Waals surface area contributed by atoms with Crippen molar-refractivity contribution in [3.8, 4) is 11.6 Å². The van der Waals surface area contributed by atoms with E-state index in [1.807, 2.05) is 38.1 Å². The van der Waals surface area contributed by atoms with Crippen LogP contribution in [0.4, 0.5) is 0 Å². The monoisotopic (exact) mass is 343 g/mol. The number of hydrogen-bond donors (Lipinski definition) is 1. The molecule has 1 N–H and O–H groups in total. The second kappa shape index (κ2) is 8.27. The molecule has 0 spiro atoms. The molecule has 25 heavy (non-hydrogen) atoms. The van der Waals surface area contributed by atoms with E-state index in [-0.39, 0.29) is 6.61 Å². The summed E-state index contributed by atoms with van der Waals surface area (Å²) in [5, 5.41) is 10.3. The van der Waals surface area contributed by atoms with Crippen molar-refractivity contribution in [3.05, 3.63) is 47.4 Å². The minimum Gasteiger partial charge on any atom is -0.491 e. The molecule has 6 heteroatoms. The van der Waals surface area contributed by atoms with Crippen molar-refractivity contribution in [1.29, 1.82) is 0 Å². The van der Waals surface area contributed by atoms with Crippen LogP contribution in [-0.2, 0) is 13.0 Å². The van der Waals surface area contributed by atoms with E-state index in [0.717, 1.165) is 35.5 Å². The van der Waals surface area contributed by atoms with Crippen LogP contribution in [0.2, 0.25) is 0 Å². The van der Waals surface area contributed by atoms with Gasteiger partial charge in [0, 0.05) is 31.6 Å². The van der Waals surface area contributed by atoms with Gasteiger partial charge in [0.15, 0.2) is 0 Å². The van der Waals surface area contributed by atoms with Crippen LogP contribution in [0.25, 0.3) is 0 Å². The molecule has 1 atom stereocenters. The van der Waals surface area contributed by atoms with Crippen LogP contribution in [0.15, 0.2) is 30.6 Å². The van der Waals surface area contributed by atoms with Crippen molar-refractivity contribution < 1.29 is 14.6 Å². The maximum absolute atomic E-state index is 10.3. The van der Waals surface area contributed by atoms with E-state index < -0.39 is 6.10 Å². The number of aryl methyl sites for hydroxylation is 1. The highest BCUT2D eigenvalue weighted by Crippen LogP contribution is 2.24. The first-order valence-corrected chi connectivity index (χ1v) is 8.71. The van der Waals surface area contributed by atoms with Crippen molar-refractivity contribution in [2.45, 2.75) is 32.9 Å². The number of fused-ring (bicyclic) bond motifs is 1. The molecule has 134 valence electrons. The molecule has 1 aromatic carbocycles. The van der Waals surface area contributed by atoms with Gasteiger partial charge in [0.1, 0.15) is 24.8 Å². The van der Waals surface area contributed by atoms with E-state index in [2.05, 4.69) is 14.9 Å². The highest BCUT2D eigenvalue weighted by Gasteiger charge is 2.23. The van der Waals surface area contributed by atoms with Gasteiger partial charge in [-0.15, -0.1) is 0 Å². The van der Waals surface area contributed by atoms with E-state index in [1.165, 1.54) is 0 Å². The number of β-amino-alcohol motifs (C(OH)–C–C–N with tert-alkyl or cyclic N) is 1. The Morgan fingerprint density at radius 2 is 2.16 bits per heavy atom. The maximum Gasteiger partial charge on any atom is 0.221 e. The lowest BCUT2D eigenvalue weighted by Gasteiger charge is -2.30. The zero-order chi connectivity index (χ0) is 17.6. The normalized spacial score (nSPS) is 15.5. The van der Waals surface area contributed by atoms with E-state index in [0.29, 0.717) is 25.6 Å². The predicted octanol–water partition coefficient (Wildman–Crippen LogP) is 1.98. The Kier molecular flexibility index (Phi) is 5.83. The first kappa shape index (κ1) is 17.6. The average Bonchev–Trinajstić information content (AvgIpc) is 2.61. The lowest BCUT2D eigenvalue weighted by molar-refractivity contribution is 0.0629. The summed E-state index contributed by atoms with van der Waals surface area (Å²) in [6.07, 6.45) is 1.84. The van der Waals surface area contributed by atoms with E-state index in [1.54, 1.807) is 6.33 Å². The van der Waals surface area contributed by atoms with Crippen LogP contribution in [0.5, 0.6) is 11.6 Å². The summed E-state index contributed by atoms with van der Waals surface area (Å²) in [5.74, 6) is 1.44. The summed E-state index contributed by atoms with van der Waals surface area (Å²) < 4.78 is 11.3. The first-order chi connectivity index (χ1) is 12.2. The Bertz CT molecular complexity index is 708. The molecular weight excluding hydrogens is 318 g/mol. The third-order valence-corrected chi connectivity index (χ3v) is 4.22. The lowest BCUT2D eigenvalue weighted by atomic mass is 10.1. The van der Waals surface area contributed by atoms with E-state index >= 15 is 0 Å². The van der Waals surface area contributed by atoms with Gasteiger partial charge in [-0.05, 0) is 31.5 Å². The van der Waals surface area contributed by atoms with Crippen LogP contribution in [-0.4, -0.2) is 52.4 Å². The van der Waals surface area contributed by atoms with Crippen LogP contribution in [0.3, 0.4) is 0 Å². The summed E-state index contributed by atoms with van der Waals surface area (Å²) in [6.45, 7) is 6.91. The zero-order valence-corrected chi connectivity index (χ0v) is 14.8. The van der Waals surface area contributed by atoms with Crippen LogP contribution in [0.1, 0.15) is 23.7 Å². The molecule has 1 aliphatic heterocycles. The Hall–Kier alpha value is -2.18. The summed E-state index contributed by atoms with van der Waals surface area (Å²) in [6, 6.07) is 7.85. The molecule has 3 rings (SSSR count). The molecule has 0 saturated heterocycles. The number of nitrogens with zero attached hydrogens (tertiary/aromatic N) is 3. The highest BCUT2D eigenvalue weighted by atomic mass is 16.5. The number of rotatable bonds is 7. The number of aliphatic hydroxyl groups is 1. The van der Waals surface area contributed by atoms with Crippen molar-refractivity contribution in [3.63, 3.8) is 0 Å². The van der Waals surface area contributed by atoms with Crippen LogP contribution in [0, 0.1) is 6.92 Å². The minimum absolute atomic E-state index is 0.274. The van der Waals surface area contributed by atoms with Gasteiger partial charge in [0.2, 0.25) is 5.88 Å². The molecule has 0 saturated carbocycles. The Morgan fingerprint density at radius 3 is 2.96 bits per heavy atom. The summed E-state index contributed by atoms with van der Waals surface area (Å²) >= 11 is 0. The van der Waals surface area contributed by atoms with Crippen LogP contribution >= 0.6 is 0 Å². The maximum atomic E-state index is 10.3. The van der Waals surface area contributed by atoms with Crippen molar-refractivity contribution >= 4 is 0 Å². The quantitative estimate of drug-likeness (QED) is 0.829. The highest BCUT2D eigenvalue weighted by molar-refractivity contribution is 5.31. The van der Waals surface area contributed by atoms with Gasteiger partial charge in [-0.2, -0.15) is 0 Å². The largest absolute Gasteiger partial charge is 0.491 e. The third-order valence-electron chi connectivity index (χ3n) is 4.22. The van der Waals surface area contributed by atoms with Crippen molar-refractivity contribution in [2.75, 3.05) is 26.3 Å². The smallest absolute Gasteiger partial charge is 0.221 e. The molecule has 0 amide bonds. The number of benzene rings is 1. The number of aliphatic hydroxyl groups excluding tert-OH is 1. The van der Waals surface area contributed by atoms with Gasteiger partial charge in [0.25, 0.3) is 0 Å². The van der Waals surface area contributed by atoms with Crippen molar-refractivity contribution in [1.82, 2.24) is 14.9 Å². The topological polar surface area (TPSA) is 67.7 Å². The number of hydrogen-bond acceptors (Lipinski definition) is 6. The van der Waals surface area contributed by atoms with Gasteiger partial charge < -0.3 is 14.6 Å². The second-order valence-electron chi connectivity index (χ2n) is 6.30. The molecule has 2 aromatic rings. The molecule has 1 aromatic heterocycles. The van der Waals surface area contributed by atoms with Gasteiger partial charge in [-0.3, -0.25) is 4.90 Å². The lowest BCUT2D eigenvalue weighted by Crippen LogP contribution is -2.39. The Labute approximate surface area is 148 Å². The Morgan fingerprint density at radius 1 is 1.28 bits per heavy atom. The first-order valence-electron chi connectivity index (χ1n) is 8.71. The molecule has 0 radical (unpaired) electrons. The molecule has 0 fully saturated rings. The average molecular weight is 343 g/mol. The Balaban J connectivity index is 1.55. The molecule has 1 aliphatic rings. The minimum atomic E-state index is -0.553. The summed E-state index contributed by atoms with van der Waals surface area (Å²) in [7, 11) is 0. The van der Waals surface area contributed by atoms with Gasteiger partial charge in [-0.1, -0.05) is 12.1 Å². The molecule has 0 aliphatic carbocycles. The molecule has 0 unspecified atom stereocenters. The molecular formula is C19H25N3O3. The molecule has 6 nitrogen and oxygen atoms in total. The van der Waals surface area contributed by atoms with Gasteiger partial charge >= 0.3 is 0 Å². The predicted molar refractivity (Wildman–Crippen MR) is 94.9 cm³/mol. The molecule has 2 heterocycles. The standard InChI is InChI=1S/C19H25N3O3/c1-3-24-19-17-11-22(8-7-18(17)20-13-21-19)10-15(23)12-25-16-6-4-5-14(2)9-16/h4-6,9,13,15,23H,3,7-8,10-12H2,1-2H3/t15-/m1/s1. The fourth-order valence-electron chi connectivity index (χ4n) is 3.04. The van der Waals surface area contributed by atoms with Gasteiger partial charge in [0.05, 0.1) is 12.3 Å². The van der Waals surface area contributed by atoms with E-state index in [9.17, 15) is 5.11 Å². The zero-order valence-electron chi connectivity index (χ0n) is 14.8. The van der Waals surface area contributed by atoms with Crippen molar-refractivity contribution in [2.24, 2.45) is 0 Å². The number of aromatic nitrogens is 2. The fraction of sp³-hybridized carbons (Fsp3) is 0.474. The molecule has 0 bridgehead atoms. The van der Waals surface area contributed by atoms with E-state index in [4.69, 9.17) is 9.47 Å². The van der Waals surface area contributed by atoms with Crippen LogP contribution < -0.4 is 9.47 Å². The number of ether oxygens (including phenoxy) is 2. The van der Waals surface area contributed by atoms with Gasteiger partial charge in [-0.25, -0.2) is 9.97 Å². The third kappa shape index (κ3) is 4.67. The fourth-order valence-corrected chi connectivity index (χ4v) is 3.04.